The number of hydrogen-bond donors (Lipinski definition) is 0. The predicted molar refractivity (Wildman–Crippen MR) is 153 cm³/mol. The third-order valence-electron chi connectivity index (χ3n) is 8.38. The molecule has 1 aromatic heterocycles. The van der Waals surface area contributed by atoms with Crippen LogP contribution in [0.3, 0.4) is 0 Å². The van der Waals surface area contributed by atoms with Crippen LogP contribution in [0.25, 0.3) is 0 Å². The Hall–Kier alpha value is -3.66. The number of methoxy groups -OCH3 is 1. The molecule has 2 saturated carbocycles. The molecule has 2 aromatic carbocycles. The first-order valence-electron chi connectivity index (χ1n) is 14.3. The number of tetrazole rings is 1. The fraction of sp³-hybridized carbons (Fsp3) is 0.500. The second-order valence-corrected chi connectivity index (χ2v) is 11.1. The minimum atomic E-state index is 0.121. The van der Waals surface area contributed by atoms with Crippen molar-refractivity contribution >= 4 is 11.6 Å². The van der Waals surface area contributed by atoms with Crippen LogP contribution in [0.2, 0.25) is 0 Å². The molecule has 7 nitrogen and oxygen atoms in total. The van der Waals surface area contributed by atoms with Gasteiger partial charge >= 0.3 is 0 Å². The molecule has 0 radical (unpaired) electrons. The first-order chi connectivity index (χ1) is 19.0. The van der Waals surface area contributed by atoms with E-state index in [0.717, 1.165) is 74.9 Å². The quantitative estimate of drug-likeness (QED) is 0.380. The van der Waals surface area contributed by atoms with Gasteiger partial charge in [-0.05, 0) is 104 Å². The Kier molecular flexibility index (Phi) is 8.61. The van der Waals surface area contributed by atoms with Crippen molar-refractivity contribution < 1.29 is 9.53 Å². The molecule has 7 heteroatoms. The van der Waals surface area contributed by atoms with Gasteiger partial charge in [-0.25, -0.2) is 0 Å². The second-order valence-electron chi connectivity index (χ2n) is 11.1. The van der Waals surface area contributed by atoms with Gasteiger partial charge in [0.05, 0.1) is 14.2 Å². The number of ether oxygens (including phenoxy) is 1. The zero-order valence-electron chi connectivity index (χ0n) is 23.4. The summed E-state index contributed by atoms with van der Waals surface area (Å²) >= 11 is 0. The molecule has 1 heterocycles. The monoisotopic (exact) mass is 525 g/mol. The summed E-state index contributed by atoms with van der Waals surface area (Å²) in [6, 6.07) is 14.7. The van der Waals surface area contributed by atoms with E-state index < -0.39 is 0 Å². The van der Waals surface area contributed by atoms with Crippen molar-refractivity contribution in [2.75, 3.05) is 18.6 Å². The Balaban J connectivity index is 1.31. The molecule has 0 aliphatic heterocycles. The fourth-order valence-corrected chi connectivity index (χ4v) is 6.20. The molecular formula is C32H39N5O2. The van der Waals surface area contributed by atoms with Gasteiger partial charge < -0.3 is 9.64 Å². The summed E-state index contributed by atoms with van der Waals surface area (Å²) in [6.45, 7) is 2.89. The standard InChI is InChI=1S/C32H39N5O2/c1-23-20-28(17-18-30(23)39-3)26-15-12-25(13-16-26)22-37(32(38)27-9-5-4-6-10-27)29-11-7-8-24(21-29)14-19-31-33-35-36(2)34-31/h7-8,11,17-18,20-21,25-27H,4-6,9-10,12-13,15-16,22H2,1-3H3. The van der Waals surface area contributed by atoms with E-state index in [0.29, 0.717) is 17.7 Å². The Labute approximate surface area is 231 Å². The van der Waals surface area contributed by atoms with Crippen molar-refractivity contribution in [1.82, 2.24) is 20.2 Å². The lowest BCUT2D eigenvalue weighted by Gasteiger charge is -2.35. The van der Waals surface area contributed by atoms with Gasteiger partial charge in [0.25, 0.3) is 0 Å². The van der Waals surface area contributed by atoms with Crippen LogP contribution in [0.15, 0.2) is 42.5 Å². The number of carbonyl (C=O) groups is 1. The Morgan fingerprint density at radius 2 is 1.82 bits per heavy atom. The van der Waals surface area contributed by atoms with Gasteiger partial charge in [-0.2, -0.15) is 4.80 Å². The van der Waals surface area contributed by atoms with Crippen LogP contribution in [-0.2, 0) is 11.8 Å². The third kappa shape index (κ3) is 6.68. The van der Waals surface area contributed by atoms with Gasteiger partial charge in [-0.15, -0.1) is 5.10 Å². The number of carbonyl (C=O) groups excluding carboxylic acids is 1. The van der Waals surface area contributed by atoms with E-state index in [9.17, 15) is 4.79 Å². The zero-order chi connectivity index (χ0) is 27.2. The van der Waals surface area contributed by atoms with Crippen molar-refractivity contribution in [3.05, 3.63) is 65.0 Å². The maximum Gasteiger partial charge on any atom is 0.248 e. The van der Waals surface area contributed by atoms with Crippen LogP contribution in [-0.4, -0.2) is 39.8 Å². The molecule has 39 heavy (non-hydrogen) atoms. The lowest BCUT2D eigenvalue weighted by atomic mass is 9.78. The summed E-state index contributed by atoms with van der Waals surface area (Å²) in [4.78, 5) is 17.4. The predicted octanol–water partition coefficient (Wildman–Crippen LogP) is 5.81. The van der Waals surface area contributed by atoms with Gasteiger partial charge in [0.2, 0.25) is 11.7 Å². The zero-order valence-corrected chi connectivity index (χ0v) is 23.4. The molecule has 0 saturated heterocycles. The van der Waals surface area contributed by atoms with Crippen LogP contribution in [0.4, 0.5) is 5.69 Å². The molecule has 0 N–H and O–H groups in total. The molecule has 1 amide bonds. The van der Waals surface area contributed by atoms with E-state index in [4.69, 9.17) is 4.74 Å². The van der Waals surface area contributed by atoms with E-state index in [1.807, 2.05) is 18.2 Å². The number of aryl methyl sites for hydroxylation is 2. The minimum absolute atomic E-state index is 0.121. The highest BCUT2D eigenvalue weighted by atomic mass is 16.5. The highest BCUT2D eigenvalue weighted by molar-refractivity contribution is 5.95. The molecule has 0 spiro atoms. The molecule has 204 valence electrons. The number of amides is 1. The summed E-state index contributed by atoms with van der Waals surface area (Å²) in [7, 11) is 3.45. The second kappa shape index (κ2) is 12.5. The molecule has 5 rings (SSSR count). The summed E-state index contributed by atoms with van der Waals surface area (Å²) in [5.41, 5.74) is 4.39. The topological polar surface area (TPSA) is 73.1 Å². The van der Waals surface area contributed by atoms with Crippen molar-refractivity contribution in [2.24, 2.45) is 18.9 Å². The first-order valence-corrected chi connectivity index (χ1v) is 14.3. The average molecular weight is 526 g/mol. The molecule has 2 fully saturated rings. The van der Waals surface area contributed by atoms with E-state index in [1.54, 1.807) is 14.2 Å². The minimum Gasteiger partial charge on any atom is -0.496 e. The van der Waals surface area contributed by atoms with Crippen molar-refractivity contribution in [3.8, 4) is 17.6 Å². The SMILES string of the molecule is COc1ccc(C2CCC(CN(C(=O)C3CCCCC3)c3cccc(C#Cc4nnn(C)n4)c3)CC2)cc1C. The van der Waals surface area contributed by atoms with Crippen LogP contribution in [0, 0.1) is 30.6 Å². The van der Waals surface area contributed by atoms with Crippen LogP contribution < -0.4 is 9.64 Å². The summed E-state index contributed by atoms with van der Waals surface area (Å²) in [6.07, 6.45) is 10.1. The normalized spacial score (nSPS) is 19.7. The highest BCUT2D eigenvalue weighted by Gasteiger charge is 2.31. The maximum atomic E-state index is 13.9. The lowest BCUT2D eigenvalue weighted by Crippen LogP contribution is -2.41. The van der Waals surface area contributed by atoms with Gasteiger partial charge in [0.15, 0.2) is 0 Å². The van der Waals surface area contributed by atoms with Gasteiger partial charge in [-0.1, -0.05) is 48.5 Å². The Bertz CT molecular complexity index is 1340. The molecule has 3 aromatic rings. The van der Waals surface area contributed by atoms with Crippen LogP contribution in [0.5, 0.6) is 5.75 Å². The summed E-state index contributed by atoms with van der Waals surface area (Å²) < 4.78 is 5.45. The van der Waals surface area contributed by atoms with Gasteiger partial charge in [0.1, 0.15) is 5.75 Å². The molecule has 0 unspecified atom stereocenters. The van der Waals surface area contributed by atoms with E-state index in [2.05, 4.69) is 63.3 Å². The summed E-state index contributed by atoms with van der Waals surface area (Å²) in [5.74, 6) is 8.94. The van der Waals surface area contributed by atoms with E-state index in [1.165, 1.54) is 22.3 Å². The fourth-order valence-electron chi connectivity index (χ4n) is 6.20. The Morgan fingerprint density at radius 1 is 1.03 bits per heavy atom. The highest BCUT2D eigenvalue weighted by Crippen LogP contribution is 2.38. The molecular weight excluding hydrogens is 486 g/mol. The van der Waals surface area contributed by atoms with Crippen LogP contribution in [0.1, 0.15) is 86.2 Å². The average Bonchev–Trinajstić information content (AvgIpc) is 3.40. The molecule has 2 aliphatic rings. The number of hydrogen-bond acceptors (Lipinski definition) is 5. The molecule has 0 atom stereocenters. The van der Waals surface area contributed by atoms with E-state index in [-0.39, 0.29) is 11.8 Å². The number of nitrogens with zero attached hydrogens (tertiary/aromatic N) is 5. The third-order valence-corrected chi connectivity index (χ3v) is 8.38. The number of rotatable bonds is 6. The van der Waals surface area contributed by atoms with Gasteiger partial charge in [0, 0.05) is 23.7 Å². The van der Waals surface area contributed by atoms with Gasteiger partial charge in [-0.3, -0.25) is 4.79 Å². The maximum absolute atomic E-state index is 13.9. The summed E-state index contributed by atoms with van der Waals surface area (Å²) in [5, 5.41) is 11.9. The van der Waals surface area contributed by atoms with Crippen LogP contribution >= 0.6 is 0 Å². The van der Waals surface area contributed by atoms with Crippen molar-refractivity contribution in [2.45, 2.75) is 70.6 Å². The number of benzene rings is 2. The molecule has 2 aliphatic carbocycles. The molecule has 0 bridgehead atoms. The Morgan fingerprint density at radius 3 is 2.51 bits per heavy atom. The number of anilines is 1. The smallest absolute Gasteiger partial charge is 0.248 e. The van der Waals surface area contributed by atoms with Crippen molar-refractivity contribution in [1.29, 1.82) is 0 Å². The number of aromatic nitrogens is 4. The van der Waals surface area contributed by atoms with E-state index >= 15 is 0 Å². The van der Waals surface area contributed by atoms with Crippen molar-refractivity contribution in [3.63, 3.8) is 0 Å². The largest absolute Gasteiger partial charge is 0.496 e. The first kappa shape index (κ1) is 26.9. The lowest BCUT2D eigenvalue weighted by molar-refractivity contribution is -0.123.